The van der Waals surface area contributed by atoms with Crippen molar-refractivity contribution in [3.8, 4) is 0 Å². The van der Waals surface area contributed by atoms with E-state index in [2.05, 4.69) is 34.7 Å². The zero-order valence-corrected chi connectivity index (χ0v) is 19.0. The van der Waals surface area contributed by atoms with E-state index in [4.69, 9.17) is 9.41 Å². The van der Waals surface area contributed by atoms with Crippen molar-refractivity contribution in [1.29, 1.82) is 0 Å². The number of hydrogen-bond acceptors (Lipinski definition) is 4. The molecule has 0 saturated carbocycles. The van der Waals surface area contributed by atoms with Gasteiger partial charge in [0.15, 0.2) is 5.96 Å². The summed E-state index contributed by atoms with van der Waals surface area (Å²) in [6.07, 6.45) is 4.08. The first-order valence-corrected chi connectivity index (χ1v) is 9.60. The van der Waals surface area contributed by atoms with Gasteiger partial charge in [0, 0.05) is 32.1 Å². The van der Waals surface area contributed by atoms with Crippen molar-refractivity contribution in [2.75, 3.05) is 19.6 Å². The van der Waals surface area contributed by atoms with Crippen LogP contribution in [0.2, 0.25) is 0 Å². The van der Waals surface area contributed by atoms with E-state index in [0.29, 0.717) is 6.54 Å². The molecule has 9 heteroatoms. The molecular formula is C19H30IN5O3. The second-order valence-corrected chi connectivity index (χ2v) is 7.71. The van der Waals surface area contributed by atoms with Crippen molar-refractivity contribution in [1.82, 2.24) is 20.9 Å². The number of hydrogen-bond donors (Lipinski definition) is 3. The van der Waals surface area contributed by atoms with Crippen molar-refractivity contribution in [2.45, 2.75) is 51.6 Å². The third-order valence-electron chi connectivity index (χ3n) is 5.30. The molecular weight excluding hydrogens is 473 g/mol. The van der Waals surface area contributed by atoms with Crippen molar-refractivity contribution >= 4 is 41.9 Å². The number of nitrogens with one attached hydrogen (secondary N) is 3. The van der Waals surface area contributed by atoms with Gasteiger partial charge in [-0.05, 0) is 51.7 Å². The Morgan fingerprint density at radius 1 is 1.39 bits per heavy atom. The van der Waals surface area contributed by atoms with Crippen LogP contribution in [0.3, 0.4) is 0 Å². The van der Waals surface area contributed by atoms with Gasteiger partial charge in [-0.1, -0.05) is 0 Å². The number of urea groups is 1. The molecule has 3 amide bonds. The summed E-state index contributed by atoms with van der Waals surface area (Å²) in [6, 6.07) is 3.72. The van der Waals surface area contributed by atoms with Gasteiger partial charge in [0.05, 0.1) is 6.26 Å². The molecule has 1 unspecified atom stereocenters. The summed E-state index contributed by atoms with van der Waals surface area (Å²) in [7, 11) is 0. The maximum Gasteiger partial charge on any atom is 0.322 e. The van der Waals surface area contributed by atoms with E-state index in [1.165, 1.54) is 0 Å². The first-order valence-electron chi connectivity index (χ1n) is 9.60. The van der Waals surface area contributed by atoms with Crippen LogP contribution in [-0.2, 0) is 11.2 Å². The zero-order valence-electron chi connectivity index (χ0n) is 16.7. The summed E-state index contributed by atoms with van der Waals surface area (Å²) >= 11 is 0. The van der Waals surface area contributed by atoms with Gasteiger partial charge in [-0.3, -0.25) is 15.1 Å². The van der Waals surface area contributed by atoms with Crippen LogP contribution in [0.1, 0.15) is 39.4 Å². The normalized spacial score (nSPS) is 23.4. The molecule has 1 atom stereocenters. The highest BCUT2D eigenvalue weighted by atomic mass is 127. The van der Waals surface area contributed by atoms with Crippen LogP contribution < -0.4 is 16.0 Å². The summed E-state index contributed by atoms with van der Waals surface area (Å²) in [5, 5.41) is 8.60. The molecule has 156 valence electrons. The summed E-state index contributed by atoms with van der Waals surface area (Å²) in [6.45, 7) is 8.24. The number of nitrogens with zero attached hydrogens (tertiary/aromatic N) is 2. The Labute approximate surface area is 182 Å². The number of furan rings is 1. The summed E-state index contributed by atoms with van der Waals surface area (Å²) < 4.78 is 5.37. The zero-order chi connectivity index (χ0) is 19.4. The van der Waals surface area contributed by atoms with Crippen LogP contribution in [0.5, 0.6) is 0 Å². The Hall–Kier alpha value is -1.78. The number of carbonyl (C=O) groups excluding carboxylic acids is 2. The largest absolute Gasteiger partial charge is 0.469 e. The van der Waals surface area contributed by atoms with Crippen LogP contribution >= 0.6 is 24.0 Å². The van der Waals surface area contributed by atoms with Crippen molar-refractivity contribution in [3.63, 3.8) is 0 Å². The molecule has 1 aromatic heterocycles. The Morgan fingerprint density at radius 2 is 2.11 bits per heavy atom. The number of imide groups is 1. The first-order chi connectivity index (χ1) is 12.9. The van der Waals surface area contributed by atoms with Crippen LogP contribution in [-0.4, -0.2) is 54.0 Å². The van der Waals surface area contributed by atoms with E-state index in [-0.39, 0.29) is 41.8 Å². The minimum absolute atomic E-state index is 0. The molecule has 3 rings (SSSR count). The Bertz CT molecular complexity index is 698. The van der Waals surface area contributed by atoms with Gasteiger partial charge in [-0.25, -0.2) is 4.79 Å². The van der Waals surface area contributed by atoms with Gasteiger partial charge >= 0.3 is 6.03 Å². The average Bonchev–Trinajstić information content (AvgIpc) is 3.22. The van der Waals surface area contributed by atoms with Gasteiger partial charge in [-0.2, -0.15) is 0 Å². The lowest BCUT2D eigenvalue weighted by Crippen LogP contribution is -2.56. The quantitative estimate of drug-likeness (QED) is 0.248. The molecule has 3 heterocycles. The SMILES string of the molecule is CC(C)NC(=NCCc1ccco1)N1CCC(C2(C)NC(=O)NC2=O)CC1.I. The summed E-state index contributed by atoms with van der Waals surface area (Å²) in [5.74, 6) is 1.71. The van der Waals surface area contributed by atoms with Crippen molar-refractivity contribution in [2.24, 2.45) is 10.9 Å². The fourth-order valence-corrected chi connectivity index (χ4v) is 3.73. The predicted molar refractivity (Wildman–Crippen MR) is 118 cm³/mol. The molecule has 0 aromatic carbocycles. The second kappa shape index (κ2) is 9.62. The van der Waals surface area contributed by atoms with E-state index < -0.39 is 11.6 Å². The lowest BCUT2D eigenvalue weighted by Gasteiger charge is -2.40. The maximum absolute atomic E-state index is 12.2. The van der Waals surface area contributed by atoms with E-state index in [0.717, 1.165) is 44.1 Å². The number of likely N-dealkylation sites (tertiary alicyclic amines) is 1. The molecule has 2 fully saturated rings. The number of rotatable bonds is 5. The van der Waals surface area contributed by atoms with Gasteiger partial charge < -0.3 is 20.0 Å². The van der Waals surface area contributed by atoms with E-state index in [9.17, 15) is 9.59 Å². The number of carbonyl (C=O) groups is 2. The monoisotopic (exact) mass is 503 g/mol. The highest BCUT2D eigenvalue weighted by molar-refractivity contribution is 14.0. The summed E-state index contributed by atoms with van der Waals surface area (Å²) in [4.78, 5) is 30.7. The molecule has 3 N–H and O–H groups in total. The second-order valence-electron chi connectivity index (χ2n) is 7.71. The number of amides is 3. The predicted octanol–water partition coefficient (Wildman–Crippen LogP) is 2.10. The molecule has 1 aromatic rings. The number of guanidine groups is 1. The lowest BCUT2D eigenvalue weighted by atomic mass is 9.79. The standard InChI is InChI=1S/C19H29N5O3.HI/c1-13(2)21-17(20-9-6-15-5-4-12-27-15)24-10-7-14(8-11-24)19(3)16(25)22-18(26)23-19;/h4-5,12-14H,6-11H2,1-3H3,(H,20,21)(H2,22,23,25,26);1H. The molecule has 8 nitrogen and oxygen atoms in total. The molecule has 0 radical (unpaired) electrons. The van der Waals surface area contributed by atoms with E-state index in [1.807, 2.05) is 19.1 Å². The Morgan fingerprint density at radius 3 is 2.64 bits per heavy atom. The molecule has 0 bridgehead atoms. The smallest absolute Gasteiger partial charge is 0.322 e. The molecule has 0 aliphatic carbocycles. The van der Waals surface area contributed by atoms with Gasteiger partial charge in [0.2, 0.25) is 0 Å². The first kappa shape index (κ1) is 22.5. The number of halogens is 1. The number of piperidine rings is 1. The van der Waals surface area contributed by atoms with Crippen molar-refractivity contribution in [3.05, 3.63) is 24.2 Å². The minimum atomic E-state index is -0.814. The van der Waals surface area contributed by atoms with E-state index in [1.54, 1.807) is 6.26 Å². The van der Waals surface area contributed by atoms with Gasteiger partial charge in [0.1, 0.15) is 11.3 Å². The molecule has 2 saturated heterocycles. The minimum Gasteiger partial charge on any atom is -0.469 e. The highest BCUT2D eigenvalue weighted by Crippen LogP contribution is 2.30. The molecule has 2 aliphatic heterocycles. The number of aliphatic imine (C=N–C) groups is 1. The average molecular weight is 503 g/mol. The van der Waals surface area contributed by atoms with Crippen LogP contribution in [0.15, 0.2) is 27.8 Å². The van der Waals surface area contributed by atoms with Gasteiger partial charge in [0.25, 0.3) is 5.91 Å². The van der Waals surface area contributed by atoms with Crippen LogP contribution in [0.25, 0.3) is 0 Å². The fourth-order valence-electron chi connectivity index (χ4n) is 3.73. The molecule has 28 heavy (non-hydrogen) atoms. The van der Waals surface area contributed by atoms with Crippen LogP contribution in [0.4, 0.5) is 4.79 Å². The summed E-state index contributed by atoms with van der Waals surface area (Å²) in [5.41, 5.74) is -0.814. The maximum atomic E-state index is 12.2. The van der Waals surface area contributed by atoms with E-state index >= 15 is 0 Å². The third kappa shape index (κ3) is 5.18. The Balaban J connectivity index is 0.00000280. The lowest BCUT2D eigenvalue weighted by molar-refractivity contribution is -0.125. The fraction of sp³-hybridized carbons (Fsp3) is 0.632. The van der Waals surface area contributed by atoms with Crippen LogP contribution in [0, 0.1) is 5.92 Å². The third-order valence-corrected chi connectivity index (χ3v) is 5.30. The highest BCUT2D eigenvalue weighted by Gasteiger charge is 2.48. The molecule has 2 aliphatic rings. The van der Waals surface area contributed by atoms with Crippen molar-refractivity contribution < 1.29 is 14.0 Å². The Kier molecular flexibility index (Phi) is 7.73. The molecule has 0 spiro atoms. The van der Waals surface area contributed by atoms with Gasteiger partial charge in [-0.15, -0.1) is 24.0 Å². The topological polar surface area (TPSA) is 99.0 Å².